The van der Waals surface area contributed by atoms with Gasteiger partial charge in [-0.15, -0.1) is 0 Å². The van der Waals surface area contributed by atoms with Gasteiger partial charge in [0.15, 0.2) is 5.78 Å². The normalized spacial score (nSPS) is 11.5. The summed E-state index contributed by atoms with van der Waals surface area (Å²) in [5.74, 6) is -0.708. The first-order valence-electron chi connectivity index (χ1n) is 9.20. The van der Waals surface area contributed by atoms with E-state index in [9.17, 15) is 14.4 Å². The molecule has 0 spiro atoms. The summed E-state index contributed by atoms with van der Waals surface area (Å²) >= 11 is 0. The van der Waals surface area contributed by atoms with Gasteiger partial charge in [-0.2, -0.15) is 0 Å². The van der Waals surface area contributed by atoms with Crippen LogP contribution in [0, 0.1) is 5.92 Å². The lowest BCUT2D eigenvalue weighted by molar-refractivity contribution is -0.141. The molecule has 1 amide bonds. The molecular formula is C22H25NO5. The summed E-state index contributed by atoms with van der Waals surface area (Å²) in [6, 6.07) is 14.1. The third-order valence-electron chi connectivity index (χ3n) is 4.28. The molecule has 0 radical (unpaired) electrons. The average molecular weight is 383 g/mol. The number of anilines is 1. The van der Waals surface area contributed by atoms with E-state index in [0.717, 1.165) is 5.56 Å². The Hall–Kier alpha value is -3.15. The van der Waals surface area contributed by atoms with Gasteiger partial charge in [0.2, 0.25) is 5.91 Å². The highest BCUT2D eigenvalue weighted by molar-refractivity contribution is 5.94. The monoisotopic (exact) mass is 383 g/mol. The predicted molar refractivity (Wildman–Crippen MR) is 107 cm³/mol. The van der Waals surface area contributed by atoms with Gasteiger partial charge in [0.25, 0.3) is 0 Å². The highest BCUT2D eigenvalue weighted by Gasteiger charge is 2.11. The number of carboxylic acid groups (broad SMARTS) is 1. The number of benzene rings is 2. The number of hydrogen-bond acceptors (Lipinski definition) is 4. The maximum Gasteiger partial charge on any atom is 0.306 e. The maximum atomic E-state index is 12.0. The van der Waals surface area contributed by atoms with E-state index in [0.29, 0.717) is 42.9 Å². The number of aliphatic carboxylic acids is 1. The minimum atomic E-state index is -0.825. The van der Waals surface area contributed by atoms with E-state index in [2.05, 4.69) is 5.32 Å². The van der Waals surface area contributed by atoms with Crippen LogP contribution in [-0.4, -0.2) is 29.4 Å². The van der Waals surface area contributed by atoms with Crippen molar-refractivity contribution >= 4 is 23.3 Å². The lowest BCUT2D eigenvalue weighted by Crippen LogP contribution is -2.13. The largest absolute Gasteiger partial charge is 0.494 e. The molecule has 0 heterocycles. The molecule has 0 aliphatic carbocycles. The first-order valence-corrected chi connectivity index (χ1v) is 9.20. The Morgan fingerprint density at radius 1 is 1.04 bits per heavy atom. The zero-order chi connectivity index (χ0) is 20.5. The molecule has 0 aromatic heterocycles. The highest BCUT2D eigenvalue weighted by atomic mass is 16.5. The molecule has 1 unspecified atom stereocenters. The highest BCUT2D eigenvalue weighted by Crippen LogP contribution is 2.15. The lowest BCUT2D eigenvalue weighted by Gasteiger charge is -2.09. The first-order chi connectivity index (χ1) is 13.3. The number of rotatable bonds is 10. The summed E-state index contributed by atoms with van der Waals surface area (Å²) in [6.45, 7) is 3.58. The van der Waals surface area contributed by atoms with E-state index < -0.39 is 11.9 Å². The van der Waals surface area contributed by atoms with Crippen LogP contribution >= 0.6 is 0 Å². The molecule has 0 fully saturated rings. The molecule has 0 saturated carbocycles. The van der Waals surface area contributed by atoms with Crippen molar-refractivity contribution in [2.75, 3.05) is 11.9 Å². The van der Waals surface area contributed by atoms with Gasteiger partial charge >= 0.3 is 5.97 Å². The Labute approximate surface area is 164 Å². The summed E-state index contributed by atoms with van der Waals surface area (Å²) in [6.07, 6.45) is 1.34. The zero-order valence-electron chi connectivity index (χ0n) is 16.1. The number of carbonyl (C=O) groups excluding carboxylic acids is 2. The van der Waals surface area contributed by atoms with E-state index in [-0.39, 0.29) is 11.7 Å². The maximum absolute atomic E-state index is 12.0. The van der Waals surface area contributed by atoms with Crippen LogP contribution in [0.2, 0.25) is 0 Å². The molecule has 2 N–H and O–H groups in total. The van der Waals surface area contributed by atoms with Crippen LogP contribution < -0.4 is 10.1 Å². The van der Waals surface area contributed by atoms with Gasteiger partial charge in [-0.25, -0.2) is 0 Å². The molecule has 0 aliphatic rings. The number of carbonyl (C=O) groups is 3. The van der Waals surface area contributed by atoms with Gasteiger partial charge in [0.1, 0.15) is 5.75 Å². The molecule has 6 nitrogen and oxygen atoms in total. The molecule has 0 bridgehead atoms. The molecule has 0 saturated heterocycles. The Balaban J connectivity index is 1.70. The Bertz CT molecular complexity index is 812. The van der Waals surface area contributed by atoms with Gasteiger partial charge < -0.3 is 15.2 Å². The second-order valence-corrected chi connectivity index (χ2v) is 6.72. The predicted octanol–water partition coefficient (Wildman–Crippen LogP) is 3.95. The second kappa shape index (κ2) is 10.3. The molecule has 1 atom stereocenters. The van der Waals surface area contributed by atoms with Gasteiger partial charge in [0.05, 0.1) is 12.5 Å². The Morgan fingerprint density at radius 2 is 1.68 bits per heavy atom. The van der Waals surface area contributed by atoms with E-state index in [4.69, 9.17) is 9.84 Å². The average Bonchev–Trinajstić information content (AvgIpc) is 2.67. The van der Waals surface area contributed by atoms with Crippen molar-refractivity contribution in [1.82, 2.24) is 0 Å². The quantitative estimate of drug-likeness (QED) is 0.479. The van der Waals surface area contributed by atoms with Crippen LogP contribution in [0.3, 0.4) is 0 Å². The molecule has 2 rings (SSSR count). The number of nitrogens with one attached hydrogen (secondary N) is 1. The third-order valence-corrected chi connectivity index (χ3v) is 4.28. The summed E-state index contributed by atoms with van der Waals surface area (Å²) < 4.78 is 5.57. The molecule has 6 heteroatoms. The van der Waals surface area contributed by atoms with Crippen molar-refractivity contribution in [3.05, 3.63) is 59.7 Å². The Morgan fingerprint density at radius 3 is 2.25 bits per heavy atom. The summed E-state index contributed by atoms with van der Waals surface area (Å²) in [7, 11) is 0. The fraction of sp³-hybridized carbons (Fsp3) is 0.318. The number of ether oxygens (including phenoxy) is 1. The SMILES string of the molecule is CC(=O)c1ccc(OCCCC(=O)Nc2ccc(CC(C)C(=O)O)cc2)cc1. The standard InChI is InChI=1S/C22H25NO5/c1-15(22(26)27)14-17-5-9-19(10-6-17)23-21(25)4-3-13-28-20-11-7-18(8-12-20)16(2)24/h5-12,15H,3-4,13-14H2,1-2H3,(H,23,25)(H,26,27). The molecule has 2 aromatic rings. The number of Topliss-reactive ketones (excluding diaryl/α,β-unsaturated/α-hetero) is 1. The van der Waals surface area contributed by atoms with Crippen molar-refractivity contribution in [2.45, 2.75) is 33.1 Å². The lowest BCUT2D eigenvalue weighted by atomic mass is 10.0. The Kier molecular flexibility index (Phi) is 7.75. The van der Waals surface area contributed by atoms with Crippen molar-refractivity contribution in [1.29, 1.82) is 0 Å². The fourth-order valence-corrected chi connectivity index (χ4v) is 2.60. The fourth-order valence-electron chi connectivity index (χ4n) is 2.60. The molecule has 28 heavy (non-hydrogen) atoms. The smallest absolute Gasteiger partial charge is 0.306 e. The van der Waals surface area contributed by atoms with E-state index in [1.165, 1.54) is 6.92 Å². The van der Waals surface area contributed by atoms with Crippen molar-refractivity contribution in [3.8, 4) is 5.75 Å². The first kappa shape index (κ1) is 21.2. The number of ketones is 1. The van der Waals surface area contributed by atoms with Gasteiger partial charge in [-0.3, -0.25) is 14.4 Å². The van der Waals surface area contributed by atoms with E-state index in [1.54, 1.807) is 43.3 Å². The van der Waals surface area contributed by atoms with Crippen LogP contribution in [-0.2, 0) is 16.0 Å². The van der Waals surface area contributed by atoms with Crippen LogP contribution in [0.1, 0.15) is 42.6 Å². The minimum Gasteiger partial charge on any atom is -0.494 e. The van der Waals surface area contributed by atoms with Crippen LogP contribution in [0.15, 0.2) is 48.5 Å². The van der Waals surface area contributed by atoms with Crippen molar-refractivity contribution < 1.29 is 24.2 Å². The topological polar surface area (TPSA) is 92.7 Å². The number of carboxylic acids is 1. The van der Waals surface area contributed by atoms with Gasteiger partial charge in [0, 0.05) is 17.7 Å². The minimum absolute atomic E-state index is 0.00708. The zero-order valence-corrected chi connectivity index (χ0v) is 16.1. The number of amides is 1. The van der Waals surface area contributed by atoms with Crippen molar-refractivity contribution in [3.63, 3.8) is 0 Å². The van der Waals surface area contributed by atoms with Gasteiger partial charge in [-0.1, -0.05) is 19.1 Å². The molecule has 2 aromatic carbocycles. The third kappa shape index (κ3) is 6.87. The molecule has 148 valence electrons. The van der Waals surface area contributed by atoms with Crippen LogP contribution in [0.4, 0.5) is 5.69 Å². The van der Waals surface area contributed by atoms with E-state index >= 15 is 0 Å². The van der Waals surface area contributed by atoms with Crippen LogP contribution in [0.5, 0.6) is 5.75 Å². The van der Waals surface area contributed by atoms with Crippen LogP contribution in [0.25, 0.3) is 0 Å². The van der Waals surface area contributed by atoms with Gasteiger partial charge in [-0.05, 0) is 61.7 Å². The summed E-state index contributed by atoms with van der Waals surface area (Å²) in [4.78, 5) is 34.1. The summed E-state index contributed by atoms with van der Waals surface area (Å²) in [5, 5.41) is 11.8. The van der Waals surface area contributed by atoms with Crippen molar-refractivity contribution in [2.24, 2.45) is 5.92 Å². The number of hydrogen-bond donors (Lipinski definition) is 2. The molecule has 0 aliphatic heterocycles. The molecular weight excluding hydrogens is 358 g/mol. The summed E-state index contributed by atoms with van der Waals surface area (Å²) in [5.41, 5.74) is 2.23. The van der Waals surface area contributed by atoms with E-state index in [1.807, 2.05) is 12.1 Å². The second-order valence-electron chi connectivity index (χ2n) is 6.72.